The first kappa shape index (κ1) is 21.8. The summed E-state index contributed by atoms with van der Waals surface area (Å²) in [6.07, 6.45) is 5.06. The molecule has 0 fully saturated rings. The number of benzene rings is 1. The molecule has 2 rings (SSSR count). The predicted octanol–water partition coefficient (Wildman–Crippen LogP) is 2.50. The van der Waals surface area contributed by atoms with Crippen LogP contribution < -0.4 is 9.30 Å². The largest absolute Gasteiger partial charge is 0.494 e. The van der Waals surface area contributed by atoms with E-state index in [1.54, 1.807) is 18.3 Å². The van der Waals surface area contributed by atoms with Gasteiger partial charge in [0.15, 0.2) is 18.9 Å². The van der Waals surface area contributed by atoms with Gasteiger partial charge in [0.1, 0.15) is 5.75 Å². The Kier molecular flexibility index (Phi) is 7.34. The second-order valence-electron chi connectivity index (χ2n) is 6.18. The van der Waals surface area contributed by atoms with Gasteiger partial charge in [-0.25, -0.2) is 4.57 Å². The molecule has 10 heteroatoms. The van der Waals surface area contributed by atoms with Crippen molar-refractivity contribution >= 4 is 15.2 Å². The summed E-state index contributed by atoms with van der Waals surface area (Å²) in [5.41, 5.74) is 1.55. The third-order valence-corrected chi connectivity index (χ3v) is 7.63. The molecule has 0 aliphatic rings. The van der Waals surface area contributed by atoms with Crippen LogP contribution in [0.15, 0.2) is 48.8 Å². The summed E-state index contributed by atoms with van der Waals surface area (Å²) in [4.78, 5) is 37.2. The molecule has 27 heavy (non-hydrogen) atoms. The predicted molar refractivity (Wildman–Crippen MR) is 100 cm³/mol. The first-order valence-corrected chi connectivity index (χ1v) is 11.8. The summed E-state index contributed by atoms with van der Waals surface area (Å²) in [5.74, 6) is 0.708. The smallest absolute Gasteiger partial charge is 0.347 e. The van der Waals surface area contributed by atoms with Crippen molar-refractivity contribution in [3.05, 3.63) is 48.8 Å². The molecule has 0 saturated carbocycles. The Morgan fingerprint density at radius 1 is 1.04 bits per heavy atom. The van der Waals surface area contributed by atoms with E-state index in [9.17, 15) is 28.7 Å². The lowest BCUT2D eigenvalue weighted by Gasteiger charge is -2.16. The van der Waals surface area contributed by atoms with Crippen LogP contribution in [0.1, 0.15) is 19.8 Å². The van der Waals surface area contributed by atoms with E-state index in [1.807, 2.05) is 24.3 Å². The van der Waals surface area contributed by atoms with Crippen LogP contribution in [0.25, 0.3) is 11.1 Å². The second kappa shape index (κ2) is 9.11. The van der Waals surface area contributed by atoms with Gasteiger partial charge in [-0.3, -0.25) is 9.13 Å². The molecule has 2 aromatic rings. The molecule has 0 spiro atoms. The molecule has 1 heterocycles. The third kappa shape index (κ3) is 6.54. The molecule has 0 radical (unpaired) electrons. The maximum Gasteiger partial charge on any atom is 0.347 e. The van der Waals surface area contributed by atoms with Crippen molar-refractivity contribution in [3.63, 3.8) is 0 Å². The van der Waals surface area contributed by atoms with E-state index < -0.39 is 27.1 Å². The van der Waals surface area contributed by atoms with E-state index in [0.29, 0.717) is 12.4 Å². The van der Waals surface area contributed by atoms with E-state index in [0.717, 1.165) is 24.0 Å². The summed E-state index contributed by atoms with van der Waals surface area (Å²) in [7, 11) is -9.95. The average Bonchev–Trinajstić information content (AvgIpc) is 2.58. The molecule has 0 aliphatic heterocycles. The molecule has 8 nitrogen and oxygen atoms in total. The molecule has 0 atom stereocenters. The molecule has 1 aromatic carbocycles. The van der Waals surface area contributed by atoms with Gasteiger partial charge in [-0.05, 0) is 30.2 Å². The molecule has 0 amide bonds. The van der Waals surface area contributed by atoms with Gasteiger partial charge < -0.3 is 24.3 Å². The summed E-state index contributed by atoms with van der Waals surface area (Å²) in [5, 5.41) is -2.09. The van der Waals surface area contributed by atoms with E-state index in [1.165, 1.54) is 10.8 Å². The molecule has 0 saturated heterocycles. The summed E-state index contributed by atoms with van der Waals surface area (Å²) in [6, 6.07) is 10.8. The number of ether oxygens (including phenoxy) is 1. The molecule has 1 aromatic heterocycles. The summed E-state index contributed by atoms with van der Waals surface area (Å²) < 4.78 is 30.0. The average molecular weight is 416 g/mol. The van der Waals surface area contributed by atoms with Crippen molar-refractivity contribution in [1.82, 2.24) is 0 Å². The number of hydrogen-bond acceptors (Lipinski definition) is 3. The Morgan fingerprint density at radius 3 is 2.33 bits per heavy atom. The first-order chi connectivity index (χ1) is 12.6. The Balaban J connectivity index is 2.26. The van der Waals surface area contributed by atoms with Crippen molar-refractivity contribution in [3.8, 4) is 16.9 Å². The second-order valence-corrected chi connectivity index (χ2v) is 10.2. The molecule has 0 bridgehead atoms. The monoisotopic (exact) mass is 416 g/mol. The zero-order chi connectivity index (χ0) is 20.1. The highest BCUT2D eigenvalue weighted by molar-refractivity contribution is 7.70. The van der Waals surface area contributed by atoms with E-state index in [2.05, 4.69) is 6.92 Å². The summed E-state index contributed by atoms with van der Waals surface area (Å²) in [6.45, 7) is 2.18. The Labute approximate surface area is 157 Å². The molecule has 148 valence electrons. The minimum absolute atomic E-state index is 0.505. The van der Waals surface area contributed by atoms with Gasteiger partial charge in [-0.15, -0.1) is 0 Å². The maximum absolute atomic E-state index is 11.5. The number of rotatable bonds is 9. The molecule has 0 aliphatic carbocycles. The molecular weight excluding hydrogens is 392 g/mol. The standard InChI is InChI=1S/C17H23NO7P2/c1-2-3-10-25-16-8-4-6-14(11-16)15-7-5-9-18(12-15)13-17(26(19,20)21)27(22,23)24/h4-9,11-12,17H,2-3,10,13H2,1H3,(H3-,19,20,21,22,23,24)/p+1. The Hall–Kier alpha value is -1.53. The zero-order valence-electron chi connectivity index (χ0n) is 14.9. The Morgan fingerprint density at radius 2 is 1.70 bits per heavy atom. The third-order valence-electron chi connectivity index (χ3n) is 3.94. The van der Waals surface area contributed by atoms with Crippen molar-refractivity contribution in [2.45, 2.75) is 31.7 Å². The van der Waals surface area contributed by atoms with Crippen molar-refractivity contribution in [2.24, 2.45) is 0 Å². The van der Waals surface area contributed by atoms with Crippen molar-refractivity contribution < 1.29 is 38.0 Å². The SMILES string of the molecule is CCCCOc1cccc(-c2ccc[n+](CC(P(=O)(O)O)P(=O)(O)O)c2)c1. The minimum atomic E-state index is -4.98. The Bertz CT molecular complexity index is 840. The first-order valence-electron chi connectivity index (χ1n) is 8.44. The van der Waals surface area contributed by atoms with Crippen LogP contribution in [-0.4, -0.2) is 31.6 Å². The fraction of sp³-hybridized carbons (Fsp3) is 0.353. The van der Waals surface area contributed by atoms with Gasteiger partial charge in [-0.2, -0.15) is 0 Å². The number of hydrogen-bond donors (Lipinski definition) is 4. The van der Waals surface area contributed by atoms with Crippen LogP contribution in [0, 0.1) is 0 Å². The van der Waals surface area contributed by atoms with Crippen molar-refractivity contribution in [2.75, 3.05) is 6.61 Å². The number of pyridine rings is 1. The fourth-order valence-corrected chi connectivity index (χ4v) is 4.87. The van der Waals surface area contributed by atoms with Crippen molar-refractivity contribution in [1.29, 1.82) is 0 Å². The van der Waals surface area contributed by atoms with Gasteiger partial charge in [-0.1, -0.05) is 25.5 Å². The summed E-state index contributed by atoms with van der Waals surface area (Å²) >= 11 is 0. The lowest BCUT2D eigenvalue weighted by Crippen LogP contribution is -2.39. The van der Waals surface area contributed by atoms with Gasteiger partial charge in [0.25, 0.3) is 0 Å². The number of nitrogens with zero attached hydrogens (tertiary/aromatic N) is 1. The van der Waals surface area contributed by atoms with Crippen LogP contribution in [0.3, 0.4) is 0 Å². The minimum Gasteiger partial charge on any atom is -0.494 e. The zero-order valence-corrected chi connectivity index (χ0v) is 16.7. The van der Waals surface area contributed by atoms with Crippen LogP contribution in [0.4, 0.5) is 0 Å². The van der Waals surface area contributed by atoms with Gasteiger partial charge in [0.05, 0.1) is 6.61 Å². The topological polar surface area (TPSA) is 128 Å². The highest BCUT2D eigenvalue weighted by Gasteiger charge is 2.46. The quantitative estimate of drug-likeness (QED) is 0.281. The van der Waals surface area contributed by atoms with Gasteiger partial charge in [0, 0.05) is 11.6 Å². The normalized spacial score (nSPS) is 12.4. The highest BCUT2D eigenvalue weighted by atomic mass is 31.2. The lowest BCUT2D eigenvalue weighted by atomic mass is 10.1. The van der Waals surface area contributed by atoms with Crippen LogP contribution in [-0.2, 0) is 15.7 Å². The van der Waals surface area contributed by atoms with Gasteiger partial charge >= 0.3 is 15.2 Å². The van der Waals surface area contributed by atoms with Crippen LogP contribution in [0.2, 0.25) is 0 Å². The van der Waals surface area contributed by atoms with E-state index >= 15 is 0 Å². The number of unbranched alkanes of at least 4 members (excludes halogenated alkanes) is 1. The van der Waals surface area contributed by atoms with E-state index in [-0.39, 0.29) is 0 Å². The lowest BCUT2D eigenvalue weighted by molar-refractivity contribution is -0.694. The van der Waals surface area contributed by atoms with Gasteiger partial charge in [0.2, 0.25) is 5.40 Å². The number of aromatic nitrogens is 1. The molecule has 0 unspecified atom stereocenters. The van der Waals surface area contributed by atoms with Crippen LogP contribution >= 0.6 is 15.2 Å². The molecular formula is C17H24NO7P2+. The molecule has 4 N–H and O–H groups in total. The van der Waals surface area contributed by atoms with E-state index in [4.69, 9.17) is 4.74 Å². The van der Waals surface area contributed by atoms with Crippen LogP contribution in [0.5, 0.6) is 5.75 Å². The fourth-order valence-electron chi connectivity index (χ4n) is 2.50. The maximum atomic E-state index is 11.5. The highest BCUT2D eigenvalue weighted by Crippen LogP contribution is 2.59.